The second kappa shape index (κ2) is 8.13. The Morgan fingerprint density at radius 1 is 1.16 bits per heavy atom. The molecule has 0 amide bonds. The van der Waals surface area contributed by atoms with E-state index in [1.807, 2.05) is 36.7 Å². The number of ether oxygens (including phenoxy) is 2. The Balaban J connectivity index is 1.55. The predicted octanol–water partition coefficient (Wildman–Crippen LogP) is 3.49. The van der Waals surface area contributed by atoms with Gasteiger partial charge in [-0.25, -0.2) is 0 Å². The zero-order chi connectivity index (χ0) is 17.6. The lowest BCUT2D eigenvalue weighted by molar-refractivity contribution is 0.269. The van der Waals surface area contributed by atoms with Crippen molar-refractivity contribution in [2.75, 3.05) is 27.8 Å². The zero-order valence-corrected chi connectivity index (χ0v) is 15.4. The highest BCUT2D eigenvalue weighted by atomic mass is 32.1. The van der Waals surface area contributed by atoms with Crippen LogP contribution in [0.2, 0.25) is 0 Å². The summed E-state index contributed by atoms with van der Waals surface area (Å²) in [5.74, 6) is 2.77. The van der Waals surface area contributed by atoms with Crippen LogP contribution in [0.3, 0.4) is 0 Å². The lowest BCUT2D eigenvalue weighted by Gasteiger charge is -2.15. The number of aromatic nitrogens is 2. The van der Waals surface area contributed by atoms with Crippen LogP contribution in [0.25, 0.3) is 10.7 Å². The number of likely N-dealkylation sites (N-methyl/N-ethyl adjacent to an activating group) is 1. The second-order valence-electron chi connectivity index (χ2n) is 5.67. The molecular formula is C18H21N3O3S. The van der Waals surface area contributed by atoms with E-state index >= 15 is 0 Å². The number of hydrogen-bond acceptors (Lipinski definition) is 7. The van der Waals surface area contributed by atoms with Gasteiger partial charge in [0.05, 0.1) is 25.6 Å². The molecular weight excluding hydrogens is 338 g/mol. The lowest BCUT2D eigenvalue weighted by atomic mass is 10.1. The van der Waals surface area contributed by atoms with Crippen LogP contribution in [0.1, 0.15) is 11.5 Å². The van der Waals surface area contributed by atoms with Crippen molar-refractivity contribution in [2.24, 2.45) is 0 Å². The molecule has 0 N–H and O–H groups in total. The maximum absolute atomic E-state index is 5.35. The highest BCUT2D eigenvalue weighted by molar-refractivity contribution is 7.13. The maximum Gasteiger partial charge on any atom is 0.241 e. The molecule has 0 spiro atoms. The smallest absolute Gasteiger partial charge is 0.241 e. The first-order valence-electron chi connectivity index (χ1n) is 7.95. The molecule has 0 aliphatic rings. The molecule has 132 valence electrons. The third kappa shape index (κ3) is 4.37. The van der Waals surface area contributed by atoms with Gasteiger partial charge in [-0.2, -0.15) is 4.98 Å². The van der Waals surface area contributed by atoms with Crippen molar-refractivity contribution in [3.05, 3.63) is 47.2 Å². The molecule has 0 saturated heterocycles. The monoisotopic (exact) mass is 359 g/mol. The van der Waals surface area contributed by atoms with Gasteiger partial charge in [0.1, 0.15) is 0 Å². The molecule has 0 aliphatic heterocycles. The minimum Gasteiger partial charge on any atom is -0.493 e. The fourth-order valence-corrected chi connectivity index (χ4v) is 3.14. The van der Waals surface area contributed by atoms with E-state index in [-0.39, 0.29) is 0 Å². The van der Waals surface area contributed by atoms with E-state index in [4.69, 9.17) is 14.0 Å². The molecule has 3 rings (SSSR count). The molecule has 1 aromatic carbocycles. The number of benzene rings is 1. The van der Waals surface area contributed by atoms with E-state index in [0.717, 1.165) is 29.3 Å². The molecule has 0 atom stereocenters. The van der Waals surface area contributed by atoms with Gasteiger partial charge < -0.3 is 14.0 Å². The molecule has 0 saturated carbocycles. The maximum atomic E-state index is 5.35. The van der Waals surface area contributed by atoms with E-state index in [9.17, 15) is 0 Å². The van der Waals surface area contributed by atoms with Crippen molar-refractivity contribution in [2.45, 2.75) is 13.0 Å². The topological polar surface area (TPSA) is 60.6 Å². The number of thiophene rings is 1. The fourth-order valence-electron chi connectivity index (χ4n) is 2.49. The van der Waals surface area contributed by atoms with Crippen LogP contribution < -0.4 is 9.47 Å². The molecule has 0 radical (unpaired) electrons. The first-order valence-corrected chi connectivity index (χ1v) is 8.83. The molecule has 2 aromatic heterocycles. The molecule has 0 fully saturated rings. The number of methoxy groups -OCH3 is 2. The third-order valence-electron chi connectivity index (χ3n) is 3.84. The van der Waals surface area contributed by atoms with Gasteiger partial charge in [0, 0.05) is 6.54 Å². The van der Waals surface area contributed by atoms with Crippen molar-refractivity contribution in [3.63, 3.8) is 0 Å². The normalized spacial score (nSPS) is 11.0. The molecule has 0 unspecified atom stereocenters. The zero-order valence-electron chi connectivity index (χ0n) is 14.6. The minimum absolute atomic E-state index is 0.617. The molecule has 0 aliphatic carbocycles. The lowest BCUT2D eigenvalue weighted by Crippen LogP contribution is -2.21. The van der Waals surface area contributed by atoms with Crippen LogP contribution in [-0.4, -0.2) is 42.9 Å². The molecule has 25 heavy (non-hydrogen) atoms. The second-order valence-corrected chi connectivity index (χ2v) is 6.61. The van der Waals surface area contributed by atoms with Gasteiger partial charge >= 0.3 is 0 Å². The highest BCUT2D eigenvalue weighted by Crippen LogP contribution is 2.27. The van der Waals surface area contributed by atoms with Crippen molar-refractivity contribution in [1.82, 2.24) is 15.0 Å². The van der Waals surface area contributed by atoms with Gasteiger partial charge in [-0.15, -0.1) is 11.3 Å². The first kappa shape index (κ1) is 17.4. The summed E-state index contributed by atoms with van der Waals surface area (Å²) in [4.78, 5) is 7.62. The summed E-state index contributed by atoms with van der Waals surface area (Å²) in [5, 5.41) is 6.04. The summed E-state index contributed by atoms with van der Waals surface area (Å²) in [6.45, 7) is 1.48. The highest BCUT2D eigenvalue weighted by Gasteiger charge is 2.12. The Bertz CT molecular complexity index is 802. The van der Waals surface area contributed by atoms with Crippen LogP contribution in [0, 0.1) is 0 Å². The van der Waals surface area contributed by atoms with Gasteiger partial charge in [-0.1, -0.05) is 17.3 Å². The third-order valence-corrected chi connectivity index (χ3v) is 4.71. The van der Waals surface area contributed by atoms with Gasteiger partial charge in [-0.3, -0.25) is 4.90 Å². The fraction of sp³-hybridized carbons (Fsp3) is 0.333. The first-order chi connectivity index (χ1) is 12.2. The van der Waals surface area contributed by atoms with Gasteiger partial charge in [0.15, 0.2) is 11.5 Å². The molecule has 0 bridgehead atoms. The number of rotatable bonds is 8. The van der Waals surface area contributed by atoms with Crippen molar-refractivity contribution in [1.29, 1.82) is 0 Å². The van der Waals surface area contributed by atoms with E-state index in [1.165, 1.54) is 5.56 Å². The molecule has 7 heteroatoms. The molecule has 3 aromatic rings. The Kier molecular flexibility index (Phi) is 5.67. The Morgan fingerprint density at radius 2 is 2.00 bits per heavy atom. The summed E-state index contributed by atoms with van der Waals surface area (Å²) in [5.41, 5.74) is 1.19. The van der Waals surface area contributed by atoms with Crippen LogP contribution in [0.5, 0.6) is 11.5 Å². The van der Waals surface area contributed by atoms with Crippen LogP contribution in [0.4, 0.5) is 0 Å². The van der Waals surface area contributed by atoms with Gasteiger partial charge in [0.25, 0.3) is 0 Å². The summed E-state index contributed by atoms with van der Waals surface area (Å²) < 4.78 is 16.0. The summed E-state index contributed by atoms with van der Waals surface area (Å²) in [6.07, 6.45) is 0.892. The quantitative estimate of drug-likeness (QED) is 0.614. The van der Waals surface area contributed by atoms with Crippen LogP contribution in [0.15, 0.2) is 40.2 Å². The predicted molar refractivity (Wildman–Crippen MR) is 97.2 cm³/mol. The Labute approximate surface area is 151 Å². The largest absolute Gasteiger partial charge is 0.493 e. The van der Waals surface area contributed by atoms with E-state index in [1.54, 1.807) is 25.6 Å². The van der Waals surface area contributed by atoms with Crippen LogP contribution in [-0.2, 0) is 13.0 Å². The van der Waals surface area contributed by atoms with Crippen molar-refractivity contribution >= 4 is 11.3 Å². The molecule has 2 heterocycles. The summed E-state index contributed by atoms with van der Waals surface area (Å²) in [7, 11) is 5.32. The average Bonchev–Trinajstić information content (AvgIpc) is 3.31. The SMILES string of the molecule is COc1ccc(CCN(C)Cc2nc(-c3cccs3)no2)cc1OC. The van der Waals surface area contributed by atoms with Crippen molar-refractivity contribution < 1.29 is 14.0 Å². The van der Waals surface area contributed by atoms with Gasteiger partial charge in [-0.05, 0) is 42.6 Å². The van der Waals surface area contributed by atoms with E-state index in [2.05, 4.69) is 21.1 Å². The standard InChI is InChI=1S/C18H21N3O3S/c1-21(9-8-13-6-7-14(22-2)15(11-13)23-3)12-17-19-18(20-24-17)16-5-4-10-25-16/h4-7,10-11H,8-9,12H2,1-3H3. The minimum atomic E-state index is 0.617. The Hall–Kier alpha value is -2.38. The van der Waals surface area contributed by atoms with E-state index in [0.29, 0.717) is 18.3 Å². The number of nitrogens with zero attached hydrogens (tertiary/aromatic N) is 3. The Morgan fingerprint density at radius 3 is 2.72 bits per heavy atom. The average molecular weight is 359 g/mol. The van der Waals surface area contributed by atoms with Crippen molar-refractivity contribution in [3.8, 4) is 22.2 Å². The van der Waals surface area contributed by atoms with Gasteiger partial charge in [0.2, 0.25) is 11.7 Å². The number of hydrogen-bond donors (Lipinski definition) is 0. The summed E-state index contributed by atoms with van der Waals surface area (Å²) in [6, 6.07) is 9.95. The molecule has 6 nitrogen and oxygen atoms in total. The van der Waals surface area contributed by atoms with E-state index < -0.39 is 0 Å². The van der Waals surface area contributed by atoms with Crippen LogP contribution >= 0.6 is 11.3 Å². The summed E-state index contributed by atoms with van der Waals surface area (Å²) >= 11 is 1.60.